The molecular formula is C14H26N4O. The molecule has 1 aliphatic rings. The zero-order valence-electron chi connectivity index (χ0n) is 12.3. The average Bonchev–Trinajstić information content (AvgIpc) is 2.87. The Labute approximate surface area is 115 Å². The van der Waals surface area contributed by atoms with Crippen LogP contribution < -0.4 is 5.32 Å². The highest BCUT2D eigenvalue weighted by atomic mass is 16.5. The van der Waals surface area contributed by atoms with E-state index in [0.717, 1.165) is 44.9 Å². The Morgan fingerprint density at radius 1 is 1.63 bits per heavy atom. The van der Waals surface area contributed by atoms with Crippen molar-refractivity contribution in [1.29, 1.82) is 0 Å². The summed E-state index contributed by atoms with van der Waals surface area (Å²) in [5, 5.41) is 7.99. The number of aromatic nitrogens is 2. The lowest BCUT2D eigenvalue weighted by Gasteiger charge is -2.27. The Bertz CT molecular complexity index is 373. The minimum Gasteiger partial charge on any atom is -0.374 e. The van der Waals surface area contributed by atoms with Crippen LogP contribution in [0.25, 0.3) is 0 Å². The molecular weight excluding hydrogens is 240 g/mol. The number of likely N-dealkylation sites (N-methyl/N-ethyl adjacent to an activating group) is 1. The van der Waals surface area contributed by atoms with Crippen LogP contribution in [0.3, 0.4) is 0 Å². The van der Waals surface area contributed by atoms with Crippen LogP contribution in [-0.2, 0) is 11.3 Å². The maximum atomic E-state index is 5.72. The quantitative estimate of drug-likeness (QED) is 0.842. The molecule has 0 bridgehead atoms. The molecule has 1 saturated heterocycles. The van der Waals surface area contributed by atoms with E-state index in [1.807, 2.05) is 0 Å². The molecule has 2 rings (SSSR count). The molecule has 1 fully saturated rings. The second-order valence-electron chi connectivity index (χ2n) is 5.44. The SMILES string of the molecule is CCC(C)n1ccc(CN(C)CC2CNCCO2)n1. The van der Waals surface area contributed by atoms with Crippen LogP contribution in [0.15, 0.2) is 12.3 Å². The summed E-state index contributed by atoms with van der Waals surface area (Å²) in [6.07, 6.45) is 3.49. The van der Waals surface area contributed by atoms with Crippen molar-refractivity contribution in [2.45, 2.75) is 39.0 Å². The monoisotopic (exact) mass is 266 g/mol. The number of hydrogen-bond acceptors (Lipinski definition) is 4. The fourth-order valence-electron chi connectivity index (χ4n) is 2.32. The van der Waals surface area contributed by atoms with Gasteiger partial charge in [-0.05, 0) is 26.5 Å². The molecule has 108 valence electrons. The second kappa shape index (κ2) is 7.03. The first kappa shape index (κ1) is 14.5. The smallest absolute Gasteiger partial charge is 0.0826 e. The summed E-state index contributed by atoms with van der Waals surface area (Å²) in [4.78, 5) is 2.28. The lowest BCUT2D eigenvalue weighted by Crippen LogP contribution is -2.44. The van der Waals surface area contributed by atoms with Gasteiger partial charge < -0.3 is 10.1 Å². The van der Waals surface area contributed by atoms with Crippen LogP contribution in [0.1, 0.15) is 32.0 Å². The van der Waals surface area contributed by atoms with Gasteiger partial charge in [0.05, 0.1) is 18.4 Å². The number of rotatable bonds is 6. The summed E-state index contributed by atoms with van der Waals surface area (Å²) in [6, 6.07) is 2.59. The van der Waals surface area contributed by atoms with Gasteiger partial charge in [0.25, 0.3) is 0 Å². The Morgan fingerprint density at radius 2 is 2.47 bits per heavy atom. The van der Waals surface area contributed by atoms with Gasteiger partial charge in [-0.1, -0.05) is 6.92 Å². The molecule has 2 unspecified atom stereocenters. The molecule has 1 aromatic rings. The Hall–Kier alpha value is -0.910. The molecule has 0 spiro atoms. The number of nitrogens with zero attached hydrogens (tertiary/aromatic N) is 3. The summed E-state index contributed by atoms with van der Waals surface area (Å²) >= 11 is 0. The van der Waals surface area contributed by atoms with Gasteiger partial charge in [-0.2, -0.15) is 5.10 Å². The van der Waals surface area contributed by atoms with E-state index in [1.54, 1.807) is 0 Å². The largest absolute Gasteiger partial charge is 0.374 e. The van der Waals surface area contributed by atoms with Gasteiger partial charge in [0.2, 0.25) is 0 Å². The summed E-state index contributed by atoms with van der Waals surface area (Å²) in [7, 11) is 2.13. The van der Waals surface area contributed by atoms with Gasteiger partial charge in [0, 0.05) is 38.4 Å². The molecule has 19 heavy (non-hydrogen) atoms. The van der Waals surface area contributed by atoms with Crippen LogP contribution >= 0.6 is 0 Å². The summed E-state index contributed by atoms with van der Waals surface area (Å²) in [5.41, 5.74) is 1.13. The van der Waals surface area contributed by atoms with E-state index in [-0.39, 0.29) is 0 Å². The van der Waals surface area contributed by atoms with Gasteiger partial charge >= 0.3 is 0 Å². The Morgan fingerprint density at radius 3 is 3.16 bits per heavy atom. The van der Waals surface area contributed by atoms with Crippen molar-refractivity contribution in [3.8, 4) is 0 Å². The lowest BCUT2D eigenvalue weighted by molar-refractivity contribution is 0.00865. The third-order valence-electron chi connectivity index (χ3n) is 3.66. The molecule has 0 aliphatic carbocycles. The summed E-state index contributed by atoms with van der Waals surface area (Å²) in [5.74, 6) is 0. The van der Waals surface area contributed by atoms with E-state index in [1.165, 1.54) is 0 Å². The van der Waals surface area contributed by atoms with Gasteiger partial charge in [0.15, 0.2) is 0 Å². The standard InChI is InChI=1S/C14H26N4O/c1-4-12(2)18-7-5-13(16-18)10-17(3)11-14-9-15-6-8-19-14/h5,7,12,14-15H,4,6,8-11H2,1-3H3. The Balaban J connectivity index is 1.80. The molecule has 5 nitrogen and oxygen atoms in total. The molecule has 5 heteroatoms. The first-order valence-electron chi connectivity index (χ1n) is 7.24. The van der Waals surface area contributed by atoms with Crippen molar-refractivity contribution >= 4 is 0 Å². The van der Waals surface area contributed by atoms with E-state index in [4.69, 9.17) is 4.74 Å². The van der Waals surface area contributed by atoms with Gasteiger partial charge in [0.1, 0.15) is 0 Å². The van der Waals surface area contributed by atoms with Crippen molar-refractivity contribution in [3.63, 3.8) is 0 Å². The topological polar surface area (TPSA) is 42.3 Å². The van der Waals surface area contributed by atoms with Gasteiger partial charge in [-0.25, -0.2) is 0 Å². The number of nitrogens with one attached hydrogen (secondary N) is 1. The fourth-order valence-corrected chi connectivity index (χ4v) is 2.32. The van der Waals surface area contributed by atoms with Gasteiger partial charge in [-0.15, -0.1) is 0 Å². The third kappa shape index (κ3) is 4.30. The molecule has 2 atom stereocenters. The predicted octanol–water partition coefficient (Wildman–Crippen LogP) is 1.27. The molecule has 0 saturated carbocycles. The van der Waals surface area contributed by atoms with E-state index in [0.29, 0.717) is 12.1 Å². The normalized spacial score (nSPS) is 21.8. The first-order chi connectivity index (χ1) is 9.19. The van der Waals surface area contributed by atoms with E-state index < -0.39 is 0 Å². The summed E-state index contributed by atoms with van der Waals surface area (Å²) < 4.78 is 7.77. The highest BCUT2D eigenvalue weighted by Gasteiger charge is 2.16. The zero-order chi connectivity index (χ0) is 13.7. The van der Waals surface area contributed by atoms with Crippen molar-refractivity contribution in [2.75, 3.05) is 33.3 Å². The maximum absolute atomic E-state index is 5.72. The molecule has 2 heterocycles. The molecule has 1 N–H and O–H groups in total. The van der Waals surface area contributed by atoms with Crippen LogP contribution in [0, 0.1) is 0 Å². The van der Waals surface area contributed by atoms with E-state index in [9.17, 15) is 0 Å². The van der Waals surface area contributed by atoms with Crippen LogP contribution in [0.5, 0.6) is 0 Å². The predicted molar refractivity (Wildman–Crippen MR) is 76.2 cm³/mol. The van der Waals surface area contributed by atoms with Crippen LogP contribution in [-0.4, -0.2) is 54.1 Å². The number of ether oxygens (including phenoxy) is 1. The molecule has 1 aromatic heterocycles. The van der Waals surface area contributed by atoms with Crippen molar-refractivity contribution in [3.05, 3.63) is 18.0 Å². The van der Waals surface area contributed by atoms with Crippen molar-refractivity contribution in [1.82, 2.24) is 20.0 Å². The molecule has 0 aromatic carbocycles. The van der Waals surface area contributed by atoms with Crippen LogP contribution in [0.2, 0.25) is 0 Å². The summed E-state index contributed by atoms with van der Waals surface area (Å²) in [6.45, 7) is 8.95. The highest BCUT2D eigenvalue weighted by molar-refractivity contribution is 4.99. The van der Waals surface area contributed by atoms with Crippen molar-refractivity contribution < 1.29 is 4.74 Å². The minimum absolute atomic E-state index is 0.301. The number of hydrogen-bond donors (Lipinski definition) is 1. The third-order valence-corrected chi connectivity index (χ3v) is 3.66. The van der Waals surface area contributed by atoms with E-state index in [2.05, 4.69) is 53.2 Å². The molecule has 1 aliphatic heterocycles. The van der Waals surface area contributed by atoms with Crippen LogP contribution in [0.4, 0.5) is 0 Å². The number of morpholine rings is 1. The second-order valence-corrected chi connectivity index (χ2v) is 5.44. The molecule has 0 radical (unpaired) electrons. The minimum atomic E-state index is 0.301. The first-order valence-corrected chi connectivity index (χ1v) is 7.24. The van der Waals surface area contributed by atoms with Gasteiger partial charge in [-0.3, -0.25) is 9.58 Å². The zero-order valence-corrected chi connectivity index (χ0v) is 12.3. The maximum Gasteiger partial charge on any atom is 0.0826 e. The van der Waals surface area contributed by atoms with Crippen molar-refractivity contribution in [2.24, 2.45) is 0 Å². The average molecular weight is 266 g/mol. The Kier molecular flexibility index (Phi) is 5.36. The highest BCUT2D eigenvalue weighted by Crippen LogP contribution is 2.10. The lowest BCUT2D eigenvalue weighted by atomic mass is 10.3. The van der Waals surface area contributed by atoms with E-state index >= 15 is 0 Å². The molecule has 0 amide bonds. The fraction of sp³-hybridized carbons (Fsp3) is 0.786.